The quantitative estimate of drug-likeness (QED) is 0.864. The number of carbonyl (C=O) groups is 1. The average molecular weight is 355 g/mol. The molecule has 1 atom stereocenters. The fourth-order valence-electron chi connectivity index (χ4n) is 3.72. The van der Waals surface area contributed by atoms with Gasteiger partial charge in [0.05, 0.1) is 20.3 Å². The molecule has 26 heavy (non-hydrogen) atoms. The van der Waals surface area contributed by atoms with Gasteiger partial charge in [-0.05, 0) is 34.7 Å². The molecule has 1 unspecified atom stereocenters. The summed E-state index contributed by atoms with van der Waals surface area (Å²) in [6.07, 6.45) is 1.44. The number of hydrogen-bond donors (Lipinski definition) is 1. The van der Waals surface area contributed by atoms with Gasteiger partial charge in [-0.15, -0.1) is 0 Å². The number of ether oxygens (including phenoxy) is 3. The van der Waals surface area contributed by atoms with Crippen molar-refractivity contribution in [3.63, 3.8) is 0 Å². The van der Waals surface area contributed by atoms with Crippen molar-refractivity contribution in [3.8, 4) is 22.6 Å². The summed E-state index contributed by atoms with van der Waals surface area (Å²) in [6, 6.07) is 10.3. The molecule has 138 valence electrons. The molecule has 0 aliphatic heterocycles. The molecule has 1 amide bonds. The fourth-order valence-corrected chi connectivity index (χ4v) is 3.72. The first kappa shape index (κ1) is 18.3. The highest BCUT2D eigenvalue weighted by molar-refractivity contribution is 5.83. The van der Waals surface area contributed by atoms with Crippen LogP contribution in [0.1, 0.15) is 29.7 Å². The molecular weight excluding hydrogens is 330 g/mol. The molecule has 3 rings (SSSR count). The molecule has 2 aromatic carbocycles. The van der Waals surface area contributed by atoms with Gasteiger partial charge in [-0.3, -0.25) is 4.79 Å². The summed E-state index contributed by atoms with van der Waals surface area (Å²) in [5, 5.41) is 2.87. The van der Waals surface area contributed by atoms with E-state index in [1.807, 2.05) is 18.2 Å². The Morgan fingerprint density at radius 3 is 2.62 bits per heavy atom. The number of methoxy groups -OCH3 is 3. The van der Waals surface area contributed by atoms with Crippen molar-refractivity contribution >= 4 is 5.91 Å². The molecule has 5 heteroatoms. The molecule has 0 radical (unpaired) electrons. The van der Waals surface area contributed by atoms with Crippen LogP contribution in [0.2, 0.25) is 0 Å². The zero-order chi connectivity index (χ0) is 18.7. The van der Waals surface area contributed by atoms with Crippen LogP contribution in [0.15, 0.2) is 30.3 Å². The van der Waals surface area contributed by atoms with Crippen LogP contribution in [0, 0.1) is 0 Å². The van der Waals surface area contributed by atoms with Gasteiger partial charge < -0.3 is 19.5 Å². The number of amides is 1. The summed E-state index contributed by atoms with van der Waals surface area (Å²) in [5.41, 5.74) is 5.62. The SMILES string of the molecule is COc1cc(CCNC(C)=O)c2c(c1OC)-c1ccccc1CC2OC. The van der Waals surface area contributed by atoms with Crippen LogP contribution in [0.25, 0.3) is 11.1 Å². The van der Waals surface area contributed by atoms with Crippen LogP contribution in [0.5, 0.6) is 11.5 Å². The average Bonchev–Trinajstić information content (AvgIpc) is 2.66. The Hall–Kier alpha value is -2.53. The summed E-state index contributed by atoms with van der Waals surface area (Å²) in [5.74, 6) is 1.38. The summed E-state index contributed by atoms with van der Waals surface area (Å²) in [4.78, 5) is 11.2. The molecule has 2 aromatic rings. The third-order valence-corrected chi connectivity index (χ3v) is 4.86. The number of nitrogens with one attached hydrogen (secondary N) is 1. The van der Waals surface area contributed by atoms with E-state index in [1.165, 1.54) is 12.5 Å². The van der Waals surface area contributed by atoms with Crippen LogP contribution in [0.3, 0.4) is 0 Å². The molecule has 5 nitrogen and oxygen atoms in total. The molecule has 0 bridgehead atoms. The Kier molecular flexibility index (Phi) is 5.47. The van der Waals surface area contributed by atoms with Gasteiger partial charge in [-0.2, -0.15) is 0 Å². The van der Waals surface area contributed by atoms with Crippen LogP contribution in [-0.2, 0) is 22.4 Å². The summed E-state index contributed by atoms with van der Waals surface area (Å²) >= 11 is 0. The van der Waals surface area contributed by atoms with E-state index in [4.69, 9.17) is 14.2 Å². The third kappa shape index (κ3) is 3.27. The van der Waals surface area contributed by atoms with Gasteiger partial charge in [0.25, 0.3) is 0 Å². The largest absolute Gasteiger partial charge is 0.493 e. The molecule has 1 aliphatic carbocycles. The number of benzene rings is 2. The maximum atomic E-state index is 11.2. The van der Waals surface area contributed by atoms with Gasteiger partial charge >= 0.3 is 0 Å². The monoisotopic (exact) mass is 355 g/mol. The van der Waals surface area contributed by atoms with Crippen molar-refractivity contribution in [2.45, 2.75) is 25.9 Å². The van der Waals surface area contributed by atoms with Crippen molar-refractivity contribution < 1.29 is 19.0 Å². The molecule has 0 heterocycles. The maximum absolute atomic E-state index is 11.2. The standard InChI is InChI=1S/C21H25NO4/c1-13(23)22-10-9-15-12-18(25-3)21(26-4)20-16-8-6-5-7-14(16)11-17(24-2)19(15)20/h5-8,12,17H,9-11H2,1-4H3,(H,22,23). The predicted molar refractivity (Wildman–Crippen MR) is 101 cm³/mol. The number of fused-ring (bicyclic) bond motifs is 3. The normalized spacial score (nSPS) is 15.0. The highest BCUT2D eigenvalue weighted by Crippen LogP contribution is 2.50. The lowest BCUT2D eigenvalue weighted by molar-refractivity contribution is -0.118. The molecule has 1 N–H and O–H groups in total. The number of rotatable bonds is 6. The minimum Gasteiger partial charge on any atom is -0.493 e. The fraction of sp³-hybridized carbons (Fsp3) is 0.381. The topological polar surface area (TPSA) is 56.8 Å². The lowest BCUT2D eigenvalue weighted by atomic mass is 9.80. The Balaban J connectivity index is 2.21. The first-order valence-corrected chi connectivity index (χ1v) is 8.74. The second-order valence-electron chi connectivity index (χ2n) is 6.38. The summed E-state index contributed by atoms with van der Waals surface area (Å²) in [7, 11) is 5.04. The first-order valence-electron chi connectivity index (χ1n) is 8.74. The van der Waals surface area contributed by atoms with Gasteiger partial charge in [-0.1, -0.05) is 24.3 Å². The van der Waals surface area contributed by atoms with Crippen molar-refractivity contribution in [1.29, 1.82) is 0 Å². The van der Waals surface area contributed by atoms with Gasteiger partial charge in [0.1, 0.15) is 0 Å². The van der Waals surface area contributed by atoms with Gasteiger partial charge in [-0.25, -0.2) is 0 Å². The van der Waals surface area contributed by atoms with E-state index in [0.717, 1.165) is 34.4 Å². The smallest absolute Gasteiger partial charge is 0.216 e. The highest BCUT2D eigenvalue weighted by Gasteiger charge is 2.31. The molecule has 0 aromatic heterocycles. The Morgan fingerprint density at radius 2 is 1.96 bits per heavy atom. The number of hydrogen-bond acceptors (Lipinski definition) is 4. The summed E-state index contributed by atoms with van der Waals surface area (Å²) < 4.78 is 17.2. The minimum absolute atomic E-state index is 0.0343. The van der Waals surface area contributed by atoms with E-state index in [1.54, 1.807) is 21.3 Å². The number of carbonyl (C=O) groups excluding carboxylic acids is 1. The van der Waals surface area contributed by atoms with E-state index in [0.29, 0.717) is 18.7 Å². The van der Waals surface area contributed by atoms with Crippen molar-refractivity contribution in [3.05, 3.63) is 47.0 Å². The summed E-state index contributed by atoms with van der Waals surface area (Å²) in [6.45, 7) is 2.09. The van der Waals surface area contributed by atoms with Crippen LogP contribution in [0.4, 0.5) is 0 Å². The van der Waals surface area contributed by atoms with E-state index in [-0.39, 0.29) is 12.0 Å². The third-order valence-electron chi connectivity index (χ3n) is 4.86. The lowest BCUT2D eigenvalue weighted by Crippen LogP contribution is -2.24. The van der Waals surface area contributed by atoms with E-state index >= 15 is 0 Å². The molecule has 1 aliphatic rings. The Morgan fingerprint density at radius 1 is 1.19 bits per heavy atom. The second kappa shape index (κ2) is 7.79. The maximum Gasteiger partial charge on any atom is 0.216 e. The van der Waals surface area contributed by atoms with E-state index in [2.05, 4.69) is 17.4 Å². The Bertz CT molecular complexity index is 816. The predicted octanol–water partition coefficient (Wildman–Crippen LogP) is 3.29. The van der Waals surface area contributed by atoms with Crippen LogP contribution in [-0.4, -0.2) is 33.8 Å². The van der Waals surface area contributed by atoms with E-state index < -0.39 is 0 Å². The van der Waals surface area contributed by atoms with E-state index in [9.17, 15) is 4.79 Å². The van der Waals surface area contributed by atoms with Crippen molar-refractivity contribution in [2.75, 3.05) is 27.9 Å². The molecule has 0 saturated carbocycles. The molecule has 0 fully saturated rings. The first-order chi connectivity index (χ1) is 12.6. The molecule has 0 spiro atoms. The Labute approximate surface area is 154 Å². The van der Waals surface area contributed by atoms with Gasteiger partial charge in [0.2, 0.25) is 5.91 Å². The zero-order valence-electron chi connectivity index (χ0n) is 15.7. The highest BCUT2D eigenvalue weighted by atomic mass is 16.5. The molecule has 0 saturated heterocycles. The van der Waals surface area contributed by atoms with Gasteiger partial charge in [0.15, 0.2) is 11.5 Å². The second-order valence-corrected chi connectivity index (χ2v) is 6.38. The zero-order valence-corrected chi connectivity index (χ0v) is 15.7. The van der Waals surface area contributed by atoms with Crippen LogP contribution >= 0.6 is 0 Å². The molecular formula is C21H25NO4. The van der Waals surface area contributed by atoms with Crippen molar-refractivity contribution in [1.82, 2.24) is 5.32 Å². The minimum atomic E-state index is -0.0629. The van der Waals surface area contributed by atoms with Crippen molar-refractivity contribution in [2.24, 2.45) is 0 Å². The lowest BCUT2D eigenvalue weighted by Gasteiger charge is -2.31. The van der Waals surface area contributed by atoms with Crippen LogP contribution < -0.4 is 14.8 Å². The van der Waals surface area contributed by atoms with Gasteiger partial charge in [0, 0.05) is 32.6 Å².